The third-order valence-electron chi connectivity index (χ3n) is 5.63. The van der Waals surface area contributed by atoms with E-state index >= 15 is 0 Å². The van der Waals surface area contributed by atoms with Gasteiger partial charge in [0.15, 0.2) is 0 Å². The second-order valence-electron chi connectivity index (χ2n) is 7.39. The highest BCUT2D eigenvalue weighted by Crippen LogP contribution is 2.29. The van der Waals surface area contributed by atoms with Gasteiger partial charge >= 0.3 is 5.97 Å². The molecule has 0 N–H and O–H groups in total. The summed E-state index contributed by atoms with van der Waals surface area (Å²) in [5.41, 5.74) is 0. The van der Waals surface area contributed by atoms with Crippen molar-refractivity contribution in [3.05, 3.63) is 0 Å². The van der Waals surface area contributed by atoms with E-state index in [0.29, 0.717) is 12.0 Å². The Morgan fingerprint density at radius 3 is 2.52 bits per heavy atom. The van der Waals surface area contributed by atoms with Crippen molar-refractivity contribution in [3.63, 3.8) is 0 Å². The summed E-state index contributed by atoms with van der Waals surface area (Å²) < 4.78 is 5.32. The van der Waals surface area contributed by atoms with Gasteiger partial charge in [0.25, 0.3) is 0 Å². The maximum absolute atomic E-state index is 12.0. The first-order valence-corrected chi connectivity index (χ1v) is 8.90. The molecule has 0 aromatic carbocycles. The van der Waals surface area contributed by atoms with E-state index in [1.807, 2.05) is 11.8 Å². The van der Waals surface area contributed by atoms with E-state index in [9.17, 15) is 9.59 Å². The lowest BCUT2D eigenvalue weighted by Gasteiger charge is -2.30. The standard InChI is InChI=1S/C17H29N3O3/c1-12-10-20(15-9-13(2)23-17(15)22)11-16(12)19-6-4-5-18(7-8-19)14(3)21/h12-13,15-16H,4-11H2,1-3H3/t12-,13+,15-,16-/m1/s1. The quantitative estimate of drug-likeness (QED) is 0.695. The smallest absolute Gasteiger partial charge is 0.323 e. The van der Waals surface area contributed by atoms with Crippen LogP contribution in [0.25, 0.3) is 0 Å². The molecule has 6 nitrogen and oxygen atoms in total. The molecule has 23 heavy (non-hydrogen) atoms. The Bertz CT molecular complexity index is 470. The van der Waals surface area contributed by atoms with Crippen molar-refractivity contribution in [2.75, 3.05) is 39.3 Å². The first-order chi connectivity index (χ1) is 11.0. The van der Waals surface area contributed by atoms with Gasteiger partial charge in [0.05, 0.1) is 0 Å². The highest BCUT2D eigenvalue weighted by Gasteiger charge is 2.43. The van der Waals surface area contributed by atoms with E-state index in [1.54, 1.807) is 6.92 Å². The predicted molar refractivity (Wildman–Crippen MR) is 86.9 cm³/mol. The molecule has 3 aliphatic rings. The minimum Gasteiger partial charge on any atom is -0.461 e. The summed E-state index contributed by atoms with van der Waals surface area (Å²) in [7, 11) is 0. The average molecular weight is 323 g/mol. The van der Waals surface area contributed by atoms with E-state index in [1.165, 1.54) is 0 Å². The van der Waals surface area contributed by atoms with Crippen LogP contribution in [0, 0.1) is 5.92 Å². The molecule has 1 amide bonds. The molecule has 0 saturated carbocycles. The zero-order valence-electron chi connectivity index (χ0n) is 14.5. The number of hydrogen-bond donors (Lipinski definition) is 0. The fourth-order valence-corrected chi connectivity index (χ4v) is 4.33. The van der Waals surface area contributed by atoms with Crippen LogP contribution in [0.3, 0.4) is 0 Å². The maximum Gasteiger partial charge on any atom is 0.323 e. The summed E-state index contributed by atoms with van der Waals surface area (Å²) in [5, 5.41) is 0. The first kappa shape index (κ1) is 16.7. The van der Waals surface area contributed by atoms with Crippen molar-refractivity contribution in [1.82, 2.24) is 14.7 Å². The first-order valence-electron chi connectivity index (χ1n) is 8.90. The summed E-state index contributed by atoms with van der Waals surface area (Å²) in [4.78, 5) is 30.4. The van der Waals surface area contributed by atoms with E-state index in [-0.39, 0.29) is 24.0 Å². The molecule has 130 valence electrons. The van der Waals surface area contributed by atoms with Crippen molar-refractivity contribution in [1.29, 1.82) is 0 Å². The number of carbonyl (C=O) groups is 2. The largest absolute Gasteiger partial charge is 0.461 e. The molecular weight excluding hydrogens is 294 g/mol. The van der Waals surface area contributed by atoms with Gasteiger partial charge in [-0.25, -0.2) is 0 Å². The number of rotatable bonds is 2. The van der Waals surface area contributed by atoms with Crippen LogP contribution >= 0.6 is 0 Å². The number of esters is 1. The Morgan fingerprint density at radius 1 is 1.09 bits per heavy atom. The number of carbonyl (C=O) groups excluding carboxylic acids is 2. The summed E-state index contributed by atoms with van der Waals surface area (Å²) in [6.45, 7) is 11.5. The Hall–Kier alpha value is -1.14. The molecule has 0 aliphatic carbocycles. The lowest BCUT2D eigenvalue weighted by Crippen LogP contribution is -2.44. The predicted octanol–water partition coefficient (Wildman–Crippen LogP) is 0.565. The number of amides is 1. The minimum atomic E-state index is -0.0573. The molecule has 0 aromatic rings. The van der Waals surface area contributed by atoms with Gasteiger partial charge in [0.2, 0.25) is 5.91 Å². The van der Waals surface area contributed by atoms with Gasteiger partial charge < -0.3 is 9.64 Å². The molecular formula is C17H29N3O3. The second kappa shape index (κ2) is 6.77. The van der Waals surface area contributed by atoms with Crippen LogP contribution in [0.4, 0.5) is 0 Å². The van der Waals surface area contributed by atoms with Crippen molar-refractivity contribution >= 4 is 11.9 Å². The second-order valence-corrected chi connectivity index (χ2v) is 7.39. The van der Waals surface area contributed by atoms with Crippen molar-refractivity contribution in [2.45, 2.75) is 51.8 Å². The Labute approximate surface area is 138 Å². The fourth-order valence-electron chi connectivity index (χ4n) is 4.33. The van der Waals surface area contributed by atoms with Crippen molar-refractivity contribution in [2.24, 2.45) is 5.92 Å². The van der Waals surface area contributed by atoms with Gasteiger partial charge in [-0.05, 0) is 19.3 Å². The summed E-state index contributed by atoms with van der Waals surface area (Å²) in [6, 6.07) is 0.420. The lowest BCUT2D eigenvalue weighted by molar-refractivity contribution is -0.144. The third-order valence-corrected chi connectivity index (χ3v) is 5.63. The number of cyclic esters (lactones) is 1. The topological polar surface area (TPSA) is 53.1 Å². The van der Waals surface area contributed by atoms with Crippen LogP contribution in [-0.2, 0) is 14.3 Å². The molecule has 3 heterocycles. The Balaban J connectivity index is 1.60. The van der Waals surface area contributed by atoms with Crippen LogP contribution < -0.4 is 0 Å². The van der Waals surface area contributed by atoms with Crippen LogP contribution in [-0.4, -0.2) is 84.0 Å². The number of nitrogens with zero attached hydrogens (tertiary/aromatic N) is 3. The highest BCUT2D eigenvalue weighted by atomic mass is 16.6. The summed E-state index contributed by atoms with van der Waals surface area (Å²) >= 11 is 0. The number of likely N-dealkylation sites (tertiary alicyclic amines) is 1. The lowest BCUT2D eigenvalue weighted by atomic mass is 10.0. The van der Waals surface area contributed by atoms with Gasteiger partial charge in [-0.2, -0.15) is 0 Å². The maximum atomic E-state index is 12.0. The van der Waals surface area contributed by atoms with Crippen LogP contribution in [0.15, 0.2) is 0 Å². The fraction of sp³-hybridized carbons (Fsp3) is 0.882. The third kappa shape index (κ3) is 3.53. The van der Waals surface area contributed by atoms with Gasteiger partial charge in [-0.1, -0.05) is 6.92 Å². The van der Waals surface area contributed by atoms with Crippen LogP contribution in [0.2, 0.25) is 0 Å². The van der Waals surface area contributed by atoms with E-state index in [0.717, 1.165) is 52.1 Å². The Kier molecular flexibility index (Phi) is 4.92. The molecule has 0 unspecified atom stereocenters. The van der Waals surface area contributed by atoms with Crippen molar-refractivity contribution < 1.29 is 14.3 Å². The zero-order valence-corrected chi connectivity index (χ0v) is 14.5. The summed E-state index contributed by atoms with van der Waals surface area (Å²) in [6.07, 6.45) is 1.89. The highest BCUT2D eigenvalue weighted by molar-refractivity contribution is 5.78. The van der Waals surface area contributed by atoms with Crippen LogP contribution in [0.5, 0.6) is 0 Å². The average Bonchev–Trinajstić information content (AvgIpc) is 2.91. The van der Waals surface area contributed by atoms with Crippen molar-refractivity contribution in [3.8, 4) is 0 Å². The molecule has 0 radical (unpaired) electrons. The number of hydrogen-bond acceptors (Lipinski definition) is 5. The molecule has 6 heteroatoms. The van der Waals surface area contributed by atoms with Gasteiger partial charge in [-0.15, -0.1) is 0 Å². The van der Waals surface area contributed by atoms with E-state index in [4.69, 9.17) is 4.74 Å². The zero-order chi connectivity index (χ0) is 16.6. The molecule has 3 saturated heterocycles. The van der Waals surface area contributed by atoms with E-state index < -0.39 is 0 Å². The molecule has 0 aromatic heterocycles. The van der Waals surface area contributed by atoms with E-state index in [2.05, 4.69) is 16.7 Å². The summed E-state index contributed by atoms with van der Waals surface area (Å²) in [5.74, 6) is 0.669. The SMILES string of the molecule is CC(=O)N1CCCN([C@@H]2CN([C@@H]3C[C@H](C)OC3=O)C[C@H]2C)CC1. The molecule has 3 rings (SSSR count). The molecule has 0 bridgehead atoms. The minimum absolute atomic E-state index is 0.0455. The molecule has 3 fully saturated rings. The molecule has 3 aliphatic heterocycles. The van der Waals surface area contributed by atoms with Gasteiger partial charge in [-0.3, -0.25) is 19.4 Å². The monoisotopic (exact) mass is 323 g/mol. The Morgan fingerprint density at radius 2 is 1.87 bits per heavy atom. The molecule has 4 atom stereocenters. The molecule has 0 spiro atoms. The van der Waals surface area contributed by atoms with Crippen LogP contribution in [0.1, 0.15) is 33.6 Å². The number of ether oxygens (including phenoxy) is 1. The van der Waals surface area contributed by atoms with Gasteiger partial charge in [0.1, 0.15) is 12.1 Å². The van der Waals surface area contributed by atoms with Gasteiger partial charge in [0, 0.05) is 58.7 Å². The normalized spacial score (nSPS) is 37.0.